The third-order valence-corrected chi connectivity index (χ3v) is 3.47. The summed E-state index contributed by atoms with van der Waals surface area (Å²) in [6.45, 7) is 0. The van der Waals surface area contributed by atoms with E-state index >= 15 is 0 Å². The van der Waals surface area contributed by atoms with Crippen LogP contribution in [0.25, 0.3) is 0 Å². The molecule has 0 aliphatic heterocycles. The van der Waals surface area contributed by atoms with Gasteiger partial charge in [0.15, 0.2) is 0 Å². The molecule has 0 radical (unpaired) electrons. The molecule has 0 aliphatic carbocycles. The topological polar surface area (TPSA) is 54.4 Å². The molecule has 0 saturated heterocycles. The summed E-state index contributed by atoms with van der Waals surface area (Å²) < 4.78 is 36.8. The van der Waals surface area contributed by atoms with E-state index in [1.165, 1.54) is 18.2 Å². The normalized spacial score (nSPS) is 13.4. The number of aliphatic carboxylic acids is 1. The van der Waals surface area contributed by atoms with Gasteiger partial charge >= 0.3 is 11.2 Å². The molecule has 1 N–H and O–H groups in total. The molecule has 1 rings (SSSR count). The summed E-state index contributed by atoms with van der Waals surface area (Å²) in [4.78, 5) is 10.2. The van der Waals surface area contributed by atoms with E-state index in [4.69, 9.17) is 16.7 Å². The zero-order valence-corrected chi connectivity index (χ0v) is 9.39. The lowest BCUT2D eigenvalue weighted by molar-refractivity contribution is -0.153. The fourth-order valence-electron chi connectivity index (χ4n) is 0.945. The number of alkyl halides is 2. The third-order valence-electron chi connectivity index (χ3n) is 1.78. The van der Waals surface area contributed by atoms with Gasteiger partial charge in [0.2, 0.25) is 0 Å². The molecule has 3 nitrogen and oxygen atoms in total. The van der Waals surface area contributed by atoms with Gasteiger partial charge in [-0.15, -0.1) is 0 Å². The summed E-state index contributed by atoms with van der Waals surface area (Å²) in [5, 5.41) is 4.10. The molecule has 0 bridgehead atoms. The van der Waals surface area contributed by atoms with Crippen LogP contribution in [0.1, 0.15) is 5.56 Å². The van der Waals surface area contributed by atoms with E-state index in [1.54, 1.807) is 6.07 Å². The van der Waals surface area contributed by atoms with Crippen molar-refractivity contribution in [1.82, 2.24) is 0 Å². The maximum atomic E-state index is 12.8. The number of carboxylic acid groups (broad SMARTS) is 1. The molecular weight excluding hydrogens is 262 g/mol. The smallest absolute Gasteiger partial charge is 0.415 e. The molecule has 1 unspecified atom stereocenters. The van der Waals surface area contributed by atoms with Crippen molar-refractivity contribution in [2.24, 2.45) is 0 Å². The Morgan fingerprint density at radius 3 is 2.50 bits per heavy atom. The number of rotatable bonds is 4. The third kappa shape index (κ3) is 2.76. The quantitative estimate of drug-likeness (QED) is 0.911. The number of carbonyl (C=O) groups is 1. The lowest BCUT2D eigenvalue weighted by Gasteiger charge is -2.11. The highest BCUT2D eigenvalue weighted by molar-refractivity contribution is 7.86. The first-order valence-electron chi connectivity index (χ1n) is 4.09. The fraction of sp³-hybridized carbons (Fsp3) is 0.222. The molecular formula is C9H7ClF2O3S. The van der Waals surface area contributed by atoms with Crippen LogP contribution in [0, 0.1) is 0 Å². The lowest BCUT2D eigenvalue weighted by Crippen LogP contribution is -2.34. The van der Waals surface area contributed by atoms with Gasteiger partial charge in [0.1, 0.15) is 10.8 Å². The van der Waals surface area contributed by atoms with Crippen LogP contribution >= 0.6 is 11.6 Å². The van der Waals surface area contributed by atoms with E-state index in [0.29, 0.717) is 0 Å². The first kappa shape index (κ1) is 13.1. The minimum absolute atomic E-state index is 0.178. The maximum Gasteiger partial charge on any atom is 0.415 e. The average Bonchev–Trinajstić information content (AvgIpc) is 2.21. The van der Waals surface area contributed by atoms with Gasteiger partial charge in [0, 0.05) is 5.02 Å². The molecule has 7 heteroatoms. The summed E-state index contributed by atoms with van der Waals surface area (Å²) in [7, 11) is -2.84. The van der Waals surface area contributed by atoms with E-state index in [1.807, 2.05) is 0 Å². The van der Waals surface area contributed by atoms with Gasteiger partial charge in [0.25, 0.3) is 0 Å². The molecule has 1 aromatic carbocycles. The van der Waals surface area contributed by atoms with Crippen LogP contribution in [0.4, 0.5) is 8.78 Å². The highest BCUT2D eigenvalue weighted by Crippen LogP contribution is 2.25. The Kier molecular flexibility index (Phi) is 3.98. The molecule has 88 valence electrons. The molecule has 16 heavy (non-hydrogen) atoms. The summed E-state index contributed by atoms with van der Waals surface area (Å²) in [5.41, 5.74) is 0.225. The summed E-state index contributed by atoms with van der Waals surface area (Å²) in [6.07, 6.45) is 0. The Morgan fingerprint density at radius 2 is 2.00 bits per heavy atom. The van der Waals surface area contributed by atoms with Crippen molar-refractivity contribution in [2.75, 3.05) is 0 Å². The van der Waals surface area contributed by atoms with Crippen LogP contribution in [-0.4, -0.2) is 20.5 Å². The Morgan fingerprint density at radius 1 is 1.44 bits per heavy atom. The minimum Gasteiger partial charge on any atom is -0.476 e. The second-order valence-corrected chi connectivity index (χ2v) is 4.80. The van der Waals surface area contributed by atoms with Crippen molar-refractivity contribution in [1.29, 1.82) is 0 Å². The number of carboxylic acids is 1. The van der Waals surface area contributed by atoms with Crippen molar-refractivity contribution >= 4 is 28.4 Å². The van der Waals surface area contributed by atoms with Crippen molar-refractivity contribution in [3.05, 3.63) is 34.9 Å². The van der Waals surface area contributed by atoms with Gasteiger partial charge in [0.05, 0.1) is 5.75 Å². The van der Waals surface area contributed by atoms with E-state index in [-0.39, 0.29) is 10.6 Å². The Balaban J connectivity index is 2.88. The van der Waals surface area contributed by atoms with Crippen LogP contribution in [-0.2, 0) is 21.3 Å². The predicted octanol–water partition coefficient (Wildman–Crippen LogP) is 2.27. The Bertz CT molecular complexity index is 437. The molecule has 1 aromatic rings. The van der Waals surface area contributed by atoms with Crippen LogP contribution in [0.2, 0.25) is 5.02 Å². The number of hydrogen-bond acceptors (Lipinski definition) is 2. The van der Waals surface area contributed by atoms with Crippen molar-refractivity contribution in [3.63, 3.8) is 0 Å². The van der Waals surface area contributed by atoms with Gasteiger partial charge in [-0.1, -0.05) is 29.8 Å². The fourth-order valence-corrected chi connectivity index (χ4v) is 2.14. The summed E-state index contributed by atoms with van der Waals surface area (Å²) in [5.74, 6) is -3.00. The van der Waals surface area contributed by atoms with Crippen molar-refractivity contribution in [2.45, 2.75) is 11.0 Å². The SMILES string of the molecule is O=C(O)C(F)(F)S(=O)Cc1ccccc1Cl. The van der Waals surface area contributed by atoms with Gasteiger partial charge in [-0.2, -0.15) is 8.78 Å². The largest absolute Gasteiger partial charge is 0.476 e. The molecule has 0 spiro atoms. The van der Waals surface area contributed by atoms with Crippen LogP contribution in [0.3, 0.4) is 0 Å². The van der Waals surface area contributed by atoms with Crippen molar-refractivity contribution < 1.29 is 22.9 Å². The highest BCUT2D eigenvalue weighted by atomic mass is 35.5. The zero-order valence-electron chi connectivity index (χ0n) is 7.82. The molecule has 0 aliphatic rings. The average molecular weight is 269 g/mol. The monoisotopic (exact) mass is 268 g/mol. The predicted molar refractivity (Wildman–Crippen MR) is 55.9 cm³/mol. The van der Waals surface area contributed by atoms with Crippen LogP contribution in [0.15, 0.2) is 24.3 Å². The standard InChI is InChI=1S/C9H7ClF2O3S/c10-7-4-2-1-3-6(7)5-16(15)9(11,12)8(13)14/h1-4H,5H2,(H,13,14). The molecule has 0 amide bonds. The zero-order chi connectivity index (χ0) is 12.3. The first-order valence-corrected chi connectivity index (χ1v) is 5.78. The van der Waals surface area contributed by atoms with Gasteiger partial charge in [-0.3, -0.25) is 4.21 Å². The van der Waals surface area contributed by atoms with Crippen LogP contribution in [0.5, 0.6) is 0 Å². The maximum absolute atomic E-state index is 12.8. The van der Waals surface area contributed by atoms with Gasteiger partial charge in [-0.05, 0) is 11.6 Å². The van der Waals surface area contributed by atoms with Crippen LogP contribution < -0.4 is 0 Å². The molecule has 0 heterocycles. The lowest BCUT2D eigenvalue weighted by atomic mass is 10.2. The Hall–Kier alpha value is -1.01. The van der Waals surface area contributed by atoms with E-state index < -0.39 is 27.8 Å². The Labute approximate surface area is 97.5 Å². The second-order valence-electron chi connectivity index (χ2n) is 2.90. The van der Waals surface area contributed by atoms with E-state index in [0.717, 1.165) is 0 Å². The van der Waals surface area contributed by atoms with Gasteiger partial charge < -0.3 is 5.11 Å². The van der Waals surface area contributed by atoms with E-state index in [2.05, 4.69) is 0 Å². The number of benzene rings is 1. The van der Waals surface area contributed by atoms with Gasteiger partial charge in [-0.25, -0.2) is 4.79 Å². The minimum atomic E-state index is -4.26. The summed E-state index contributed by atoms with van der Waals surface area (Å²) in [6, 6.07) is 5.99. The molecule has 1 atom stereocenters. The number of halogens is 3. The molecule has 0 saturated carbocycles. The van der Waals surface area contributed by atoms with E-state index in [9.17, 15) is 17.8 Å². The molecule has 0 fully saturated rings. The number of hydrogen-bond donors (Lipinski definition) is 1. The van der Waals surface area contributed by atoms with Crippen molar-refractivity contribution in [3.8, 4) is 0 Å². The molecule has 0 aromatic heterocycles. The summed E-state index contributed by atoms with van der Waals surface area (Å²) >= 11 is 5.67. The first-order chi connectivity index (χ1) is 7.35. The second kappa shape index (κ2) is 4.88. The highest BCUT2D eigenvalue weighted by Gasteiger charge is 2.45.